The number of halogens is 1. The zero-order valence-corrected chi connectivity index (χ0v) is 20.0. The van der Waals surface area contributed by atoms with Crippen molar-refractivity contribution in [2.45, 2.75) is 23.8 Å². The number of thiophene rings is 1. The second-order valence-electron chi connectivity index (χ2n) is 7.43. The molecule has 1 N–H and O–H groups in total. The van der Waals surface area contributed by atoms with Crippen molar-refractivity contribution in [3.8, 4) is 10.4 Å². The van der Waals surface area contributed by atoms with Gasteiger partial charge in [-0.2, -0.15) is 4.31 Å². The van der Waals surface area contributed by atoms with E-state index in [0.717, 1.165) is 10.4 Å². The van der Waals surface area contributed by atoms with Crippen LogP contribution in [0, 0.1) is 0 Å². The summed E-state index contributed by atoms with van der Waals surface area (Å²) in [5, 5.41) is 3.19. The lowest BCUT2D eigenvalue weighted by molar-refractivity contribution is -0.119. The largest absolute Gasteiger partial charge is 0.465 e. The molecule has 10 heteroatoms. The van der Waals surface area contributed by atoms with Gasteiger partial charge in [-0.1, -0.05) is 41.9 Å². The van der Waals surface area contributed by atoms with Crippen molar-refractivity contribution in [3.63, 3.8) is 0 Å². The average molecular weight is 505 g/mol. The number of amides is 1. The van der Waals surface area contributed by atoms with Gasteiger partial charge in [-0.25, -0.2) is 13.2 Å². The number of nitrogens with one attached hydrogen (secondary N) is 1. The van der Waals surface area contributed by atoms with Crippen LogP contribution in [-0.2, 0) is 19.6 Å². The first-order chi connectivity index (χ1) is 15.8. The molecular formula is C23H21ClN2O5S2. The molecule has 2 aromatic carbocycles. The molecule has 1 atom stereocenters. The molecule has 0 saturated carbocycles. The fraction of sp³-hybridized carbons (Fsp3) is 0.217. The van der Waals surface area contributed by atoms with Gasteiger partial charge in [0.15, 0.2) is 0 Å². The van der Waals surface area contributed by atoms with E-state index in [0.29, 0.717) is 23.6 Å². The Kier molecular flexibility index (Phi) is 6.85. The highest BCUT2D eigenvalue weighted by molar-refractivity contribution is 7.89. The Bertz CT molecular complexity index is 1270. The number of anilines is 1. The number of esters is 1. The summed E-state index contributed by atoms with van der Waals surface area (Å²) >= 11 is 7.08. The zero-order chi connectivity index (χ0) is 23.6. The molecule has 33 heavy (non-hydrogen) atoms. The zero-order valence-electron chi connectivity index (χ0n) is 17.7. The standard InChI is InChI=1S/C23H21ClN2O5S2/c1-31-23(28)21-18(14-20(32-21)15-6-3-2-4-7-15)25-22(27)19-8-5-13-26(19)33(29,30)17-11-9-16(24)10-12-17/h2-4,6-7,9-12,14,19H,5,8,13H2,1H3,(H,25,27). The molecule has 172 valence electrons. The first-order valence-electron chi connectivity index (χ1n) is 10.2. The maximum absolute atomic E-state index is 13.2. The summed E-state index contributed by atoms with van der Waals surface area (Å²) in [7, 11) is -2.61. The van der Waals surface area contributed by atoms with E-state index in [1.165, 1.54) is 47.0 Å². The van der Waals surface area contributed by atoms with Gasteiger partial charge in [0.05, 0.1) is 17.7 Å². The number of benzene rings is 2. The summed E-state index contributed by atoms with van der Waals surface area (Å²) < 4.78 is 32.4. The molecule has 4 rings (SSSR count). The predicted molar refractivity (Wildman–Crippen MR) is 128 cm³/mol. The normalized spacial score (nSPS) is 16.5. The van der Waals surface area contributed by atoms with Crippen molar-refractivity contribution in [3.05, 3.63) is 70.6 Å². The lowest BCUT2D eigenvalue weighted by Crippen LogP contribution is -2.43. The SMILES string of the molecule is COC(=O)c1sc(-c2ccccc2)cc1NC(=O)C1CCCN1S(=O)(=O)c1ccc(Cl)cc1. The monoisotopic (exact) mass is 504 g/mol. The minimum atomic E-state index is -3.89. The van der Waals surface area contributed by atoms with Gasteiger partial charge in [0.1, 0.15) is 10.9 Å². The molecule has 7 nitrogen and oxygen atoms in total. The van der Waals surface area contributed by atoms with Crippen LogP contribution < -0.4 is 5.32 Å². The Balaban J connectivity index is 1.61. The van der Waals surface area contributed by atoms with Crippen LogP contribution in [0.4, 0.5) is 5.69 Å². The third-order valence-electron chi connectivity index (χ3n) is 5.35. The number of nitrogens with zero attached hydrogens (tertiary/aromatic N) is 1. The number of hydrogen-bond donors (Lipinski definition) is 1. The molecule has 1 amide bonds. The highest BCUT2D eigenvalue weighted by atomic mass is 35.5. The van der Waals surface area contributed by atoms with Crippen molar-refractivity contribution in [2.75, 3.05) is 19.0 Å². The van der Waals surface area contributed by atoms with Gasteiger partial charge >= 0.3 is 5.97 Å². The Morgan fingerprint density at radius 3 is 2.48 bits per heavy atom. The van der Waals surface area contributed by atoms with Gasteiger partial charge in [-0.3, -0.25) is 4.79 Å². The quantitative estimate of drug-likeness (QED) is 0.493. The number of hydrogen-bond acceptors (Lipinski definition) is 6. The Hall–Kier alpha value is -2.72. The Morgan fingerprint density at radius 2 is 1.82 bits per heavy atom. The highest BCUT2D eigenvalue weighted by Gasteiger charge is 2.40. The number of ether oxygens (including phenoxy) is 1. The molecule has 0 bridgehead atoms. The summed E-state index contributed by atoms with van der Waals surface area (Å²) in [6, 6.07) is 16.1. The lowest BCUT2D eigenvalue weighted by Gasteiger charge is -2.23. The first-order valence-corrected chi connectivity index (χ1v) is 12.8. The smallest absolute Gasteiger partial charge is 0.350 e. The molecule has 0 aliphatic carbocycles. The van der Waals surface area contributed by atoms with Crippen LogP contribution in [0.15, 0.2) is 65.6 Å². The molecule has 0 radical (unpaired) electrons. The Morgan fingerprint density at radius 1 is 1.12 bits per heavy atom. The van der Waals surface area contributed by atoms with Crippen molar-refractivity contribution in [1.29, 1.82) is 0 Å². The lowest BCUT2D eigenvalue weighted by atomic mass is 10.2. The number of carbonyl (C=O) groups is 2. The van der Waals surface area contributed by atoms with Gasteiger partial charge in [0.25, 0.3) is 0 Å². The molecule has 3 aromatic rings. The summed E-state index contributed by atoms with van der Waals surface area (Å²) in [5.41, 5.74) is 1.19. The third kappa shape index (κ3) is 4.81. The van der Waals surface area contributed by atoms with Gasteiger partial charge < -0.3 is 10.1 Å². The second-order valence-corrected chi connectivity index (χ2v) is 10.8. The van der Waals surface area contributed by atoms with E-state index in [9.17, 15) is 18.0 Å². The van der Waals surface area contributed by atoms with Crippen molar-refractivity contribution in [2.24, 2.45) is 0 Å². The molecule has 1 fully saturated rings. The summed E-state index contributed by atoms with van der Waals surface area (Å²) in [6.07, 6.45) is 0.926. The minimum Gasteiger partial charge on any atom is -0.465 e. The summed E-state index contributed by atoms with van der Waals surface area (Å²) in [6.45, 7) is 0.228. The van der Waals surface area contributed by atoms with Crippen LogP contribution in [0.1, 0.15) is 22.5 Å². The number of carbonyl (C=O) groups excluding carboxylic acids is 2. The van der Waals surface area contributed by atoms with Crippen molar-refractivity contribution in [1.82, 2.24) is 4.31 Å². The van der Waals surface area contributed by atoms with Crippen LogP contribution in [0.3, 0.4) is 0 Å². The number of rotatable bonds is 6. The maximum Gasteiger partial charge on any atom is 0.350 e. The van der Waals surface area contributed by atoms with E-state index in [-0.39, 0.29) is 16.3 Å². The van der Waals surface area contributed by atoms with Crippen LogP contribution in [0.2, 0.25) is 5.02 Å². The maximum atomic E-state index is 13.2. The molecule has 2 heterocycles. The predicted octanol–water partition coefficient (Wildman–Crippen LogP) is 4.65. The van der Waals surface area contributed by atoms with E-state index < -0.39 is 27.9 Å². The van der Waals surface area contributed by atoms with Crippen LogP contribution in [0.25, 0.3) is 10.4 Å². The third-order valence-corrected chi connectivity index (χ3v) is 8.68. The molecular weight excluding hydrogens is 484 g/mol. The minimum absolute atomic E-state index is 0.0729. The summed E-state index contributed by atoms with van der Waals surface area (Å²) in [5.74, 6) is -1.07. The van der Waals surface area contributed by atoms with E-state index in [1.54, 1.807) is 6.07 Å². The molecule has 1 aliphatic heterocycles. The van der Waals surface area contributed by atoms with Crippen molar-refractivity contribution >= 4 is 50.5 Å². The molecule has 0 spiro atoms. The van der Waals surface area contributed by atoms with E-state index in [4.69, 9.17) is 16.3 Å². The second kappa shape index (κ2) is 9.64. The van der Waals surface area contributed by atoms with Gasteiger partial charge in [-0.15, -0.1) is 11.3 Å². The first kappa shape index (κ1) is 23.4. The highest BCUT2D eigenvalue weighted by Crippen LogP contribution is 2.36. The van der Waals surface area contributed by atoms with E-state index in [1.807, 2.05) is 30.3 Å². The van der Waals surface area contributed by atoms with Gasteiger partial charge in [0, 0.05) is 16.4 Å². The summed E-state index contributed by atoms with van der Waals surface area (Å²) in [4.78, 5) is 26.6. The topological polar surface area (TPSA) is 92.8 Å². The molecule has 1 aromatic heterocycles. The number of sulfonamides is 1. The van der Waals surface area contributed by atoms with E-state index >= 15 is 0 Å². The van der Waals surface area contributed by atoms with Gasteiger partial charge in [0.2, 0.25) is 15.9 Å². The Labute approximate surface area is 201 Å². The fourth-order valence-corrected chi connectivity index (χ4v) is 6.54. The average Bonchev–Trinajstić information content (AvgIpc) is 3.48. The molecule has 1 unspecified atom stereocenters. The van der Waals surface area contributed by atoms with Crippen LogP contribution in [-0.4, -0.2) is 44.3 Å². The number of methoxy groups -OCH3 is 1. The molecule has 1 aliphatic rings. The van der Waals surface area contributed by atoms with Crippen LogP contribution >= 0.6 is 22.9 Å². The van der Waals surface area contributed by atoms with E-state index in [2.05, 4.69) is 5.32 Å². The fourth-order valence-electron chi connectivity index (χ4n) is 3.72. The van der Waals surface area contributed by atoms with Crippen molar-refractivity contribution < 1.29 is 22.7 Å². The van der Waals surface area contributed by atoms with Gasteiger partial charge in [-0.05, 0) is 48.7 Å². The van der Waals surface area contributed by atoms with Crippen LogP contribution in [0.5, 0.6) is 0 Å². The molecule has 1 saturated heterocycles.